The van der Waals surface area contributed by atoms with E-state index in [1.165, 1.54) is 4.90 Å². The Hall–Kier alpha value is -2.18. The number of ether oxygens (including phenoxy) is 1. The maximum Gasteiger partial charge on any atom is 0.277 e. The highest BCUT2D eigenvalue weighted by atomic mass is 16.5. The monoisotopic (exact) mass is 428 g/mol. The van der Waals surface area contributed by atoms with E-state index in [4.69, 9.17) is 4.74 Å². The largest absolute Gasteiger partial charge is 0.396 e. The van der Waals surface area contributed by atoms with Gasteiger partial charge >= 0.3 is 0 Å². The van der Waals surface area contributed by atoms with Crippen LogP contribution in [0.3, 0.4) is 0 Å². The molecule has 0 spiro atoms. The van der Waals surface area contributed by atoms with Gasteiger partial charge in [-0.3, -0.25) is 14.5 Å². The second-order valence-electron chi connectivity index (χ2n) is 8.74. The molecule has 2 heterocycles. The Labute approximate surface area is 185 Å². The number of carbonyl (C=O) groups excluding carboxylic acids is 2. The molecule has 0 saturated carbocycles. The summed E-state index contributed by atoms with van der Waals surface area (Å²) >= 11 is 0. The zero-order chi connectivity index (χ0) is 22.4. The average molecular weight is 429 g/mol. The van der Waals surface area contributed by atoms with E-state index in [2.05, 4.69) is 6.92 Å². The first-order chi connectivity index (χ1) is 15.0. The minimum absolute atomic E-state index is 0.101. The number of nitrogens with zero attached hydrogens (tertiary/aromatic N) is 2. The molecule has 1 atom stereocenters. The highest BCUT2D eigenvalue weighted by Crippen LogP contribution is 2.34. The van der Waals surface area contributed by atoms with E-state index in [0.29, 0.717) is 44.0 Å². The van der Waals surface area contributed by atoms with Crippen molar-refractivity contribution in [2.75, 3.05) is 39.5 Å². The van der Waals surface area contributed by atoms with Crippen LogP contribution in [0.1, 0.15) is 55.7 Å². The van der Waals surface area contributed by atoms with Crippen LogP contribution in [0.15, 0.2) is 23.9 Å². The van der Waals surface area contributed by atoms with Crippen molar-refractivity contribution in [1.82, 2.24) is 9.80 Å². The van der Waals surface area contributed by atoms with Crippen LogP contribution in [0, 0.1) is 19.8 Å². The molecule has 0 bridgehead atoms. The Morgan fingerprint density at radius 3 is 2.58 bits per heavy atom. The molecule has 2 aliphatic rings. The van der Waals surface area contributed by atoms with Gasteiger partial charge < -0.3 is 14.7 Å². The summed E-state index contributed by atoms with van der Waals surface area (Å²) in [6.45, 7) is 9.23. The number of likely N-dealkylation sites (tertiary alicyclic amines) is 1. The quantitative estimate of drug-likeness (QED) is 0.457. The van der Waals surface area contributed by atoms with Gasteiger partial charge in [0, 0.05) is 39.5 Å². The van der Waals surface area contributed by atoms with E-state index in [1.54, 1.807) is 0 Å². The van der Waals surface area contributed by atoms with E-state index < -0.39 is 0 Å². The Kier molecular flexibility index (Phi) is 8.27. The number of amides is 2. The third-order valence-corrected chi connectivity index (χ3v) is 6.35. The summed E-state index contributed by atoms with van der Waals surface area (Å²) < 4.78 is 5.62. The number of carbonyl (C=O) groups is 2. The summed E-state index contributed by atoms with van der Waals surface area (Å²) in [6, 6.07) is 5.94. The highest BCUT2D eigenvalue weighted by molar-refractivity contribution is 6.35. The van der Waals surface area contributed by atoms with Gasteiger partial charge in [0.2, 0.25) is 0 Å². The summed E-state index contributed by atoms with van der Waals surface area (Å²) in [4.78, 5) is 30.2. The molecule has 3 rings (SSSR count). The molecule has 31 heavy (non-hydrogen) atoms. The Balaban J connectivity index is 1.85. The number of aryl methyl sites for hydroxylation is 2. The number of hydrogen-bond acceptors (Lipinski definition) is 5. The summed E-state index contributed by atoms with van der Waals surface area (Å²) in [6.07, 6.45) is 4.58. The molecule has 6 heteroatoms. The number of unbranched alkanes of at least 4 members (excludes halogenated alkanes) is 1. The van der Waals surface area contributed by atoms with Crippen LogP contribution >= 0.6 is 0 Å². The molecule has 6 nitrogen and oxygen atoms in total. The molecule has 1 aromatic carbocycles. The summed E-state index contributed by atoms with van der Waals surface area (Å²) in [7, 11) is 0. The third kappa shape index (κ3) is 5.36. The third-order valence-electron chi connectivity index (χ3n) is 6.35. The summed E-state index contributed by atoms with van der Waals surface area (Å²) in [5, 5.41) is 9.66. The fraction of sp³-hybridized carbons (Fsp3) is 0.600. The van der Waals surface area contributed by atoms with Gasteiger partial charge in [-0.25, -0.2) is 0 Å². The molecule has 2 amide bonds. The Morgan fingerprint density at radius 2 is 1.87 bits per heavy atom. The van der Waals surface area contributed by atoms with Crippen LogP contribution in [0.5, 0.6) is 0 Å². The van der Waals surface area contributed by atoms with E-state index in [1.807, 2.05) is 36.9 Å². The van der Waals surface area contributed by atoms with Gasteiger partial charge in [0.25, 0.3) is 11.8 Å². The zero-order valence-electron chi connectivity index (χ0n) is 19.2. The van der Waals surface area contributed by atoms with Crippen LogP contribution in [-0.2, 0) is 14.3 Å². The van der Waals surface area contributed by atoms with Gasteiger partial charge in [-0.1, -0.05) is 31.5 Å². The SMILES string of the molecule is CCCCOCCCN1C(=O)C(c2ccc(C)c(C)c2)=C(N2CCCC(CO)C2)C1=O. The molecule has 170 valence electrons. The molecule has 2 aliphatic heterocycles. The molecule has 0 aromatic heterocycles. The number of aliphatic hydroxyl groups excluding tert-OH is 1. The normalized spacial score (nSPS) is 19.7. The van der Waals surface area contributed by atoms with Crippen LogP contribution in [-0.4, -0.2) is 66.2 Å². The first-order valence-electron chi connectivity index (χ1n) is 11.6. The highest BCUT2D eigenvalue weighted by Gasteiger charge is 2.42. The first-order valence-corrected chi connectivity index (χ1v) is 11.6. The molecular weight excluding hydrogens is 392 g/mol. The fourth-order valence-corrected chi connectivity index (χ4v) is 4.31. The number of benzene rings is 1. The van der Waals surface area contributed by atoms with Gasteiger partial charge in [0.05, 0.1) is 5.57 Å². The van der Waals surface area contributed by atoms with Crippen molar-refractivity contribution in [2.45, 2.75) is 52.9 Å². The number of imide groups is 1. The van der Waals surface area contributed by atoms with E-state index in [9.17, 15) is 14.7 Å². The second-order valence-corrected chi connectivity index (χ2v) is 8.74. The van der Waals surface area contributed by atoms with Crippen molar-refractivity contribution in [3.05, 3.63) is 40.6 Å². The van der Waals surface area contributed by atoms with Crippen LogP contribution in [0.2, 0.25) is 0 Å². The standard InChI is InChI=1S/C25H36N2O4/c1-4-5-13-31-14-7-12-27-24(29)22(21-10-9-18(2)19(3)15-21)23(25(27)30)26-11-6-8-20(16-26)17-28/h9-10,15,20,28H,4-8,11-14,16-17H2,1-3H3. The lowest BCUT2D eigenvalue weighted by atomic mass is 9.96. The van der Waals surface area contributed by atoms with Crippen molar-refractivity contribution in [1.29, 1.82) is 0 Å². The van der Waals surface area contributed by atoms with Crippen molar-refractivity contribution < 1.29 is 19.4 Å². The predicted molar refractivity (Wildman–Crippen MR) is 121 cm³/mol. The van der Waals surface area contributed by atoms with E-state index >= 15 is 0 Å². The van der Waals surface area contributed by atoms with E-state index in [-0.39, 0.29) is 24.3 Å². The number of rotatable bonds is 10. The molecule has 1 unspecified atom stereocenters. The lowest BCUT2D eigenvalue weighted by Crippen LogP contribution is -2.40. The van der Waals surface area contributed by atoms with Crippen molar-refractivity contribution in [3.8, 4) is 0 Å². The maximum atomic E-state index is 13.4. The number of piperidine rings is 1. The molecular formula is C25H36N2O4. The Bertz CT molecular complexity index is 833. The molecule has 0 aliphatic carbocycles. The minimum atomic E-state index is -0.220. The average Bonchev–Trinajstić information content (AvgIpc) is 3.02. The topological polar surface area (TPSA) is 70.1 Å². The molecule has 1 N–H and O–H groups in total. The van der Waals surface area contributed by atoms with Crippen molar-refractivity contribution in [2.24, 2.45) is 5.92 Å². The van der Waals surface area contributed by atoms with Gasteiger partial charge in [-0.15, -0.1) is 0 Å². The van der Waals surface area contributed by atoms with Crippen LogP contribution < -0.4 is 0 Å². The minimum Gasteiger partial charge on any atom is -0.396 e. The fourth-order valence-electron chi connectivity index (χ4n) is 4.31. The second kappa shape index (κ2) is 10.9. The molecule has 1 saturated heterocycles. The maximum absolute atomic E-state index is 13.4. The van der Waals surface area contributed by atoms with Gasteiger partial charge in [0.1, 0.15) is 5.70 Å². The van der Waals surface area contributed by atoms with Crippen LogP contribution in [0.4, 0.5) is 0 Å². The van der Waals surface area contributed by atoms with Crippen molar-refractivity contribution in [3.63, 3.8) is 0 Å². The summed E-state index contributed by atoms with van der Waals surface area (Å²) in [5.74, 6) is -0.306. The molecule has 1 aromatic rings. The predicted octanol–water partition coefficient (Wildman–Crippen LogP) is 3.29. The lowest BCUT2D eigenvalue weighted by Gasteiger charge is -2.34. The molecule has 0 radical (unpaired) electrons. The smallest absolute Gasteiger partial charge is 0.277 e. The van der Waals surface area contributed by atoms with E-state index in [0.717, 1.165) is 48.9 Å². The van der Waals surface area contributed by atoms with Crippen LogP contribution in [0.25, 0.3) is 5.57 Å². The lowest BCUT2D eigenvalue weighted by molar-refractivity contribution is -0.137. The molecule has 1 fully saturated rings. The Morgan fingerprint density at radius 1 is 1.10 bits per heavy atom. The van der Waals surface area contributed by atoms with Crippen molar-refractivity contribution >= 4 is 17.4 Å². The number of aliphatic hydroxyl groups is 1. The zero-order valence-corrected chi connectivity index (χ0v) is 19.2. The number of hydrogen-bond donors (Lipinski definition) is 1. The van der Waals surface area contributed by atoms with Gasteiger partial charge in [0.15, 0.2) is 0 Å². The van der Waals surface area contributed by atoms with Gasteiger partial charge in [-0.2, -0.15) is 0 Å². The first kappa shape index (κ1) is 23.5. The summed E-state index contributed by atoms with van der Waals surface area (Å²) in [5.41, 5.74) is 4.04. The van der Waals surface area contributed by atoms with Gasteiger partial charge in [-0.05, 0) is 62.1 Å².